The summed E-state index contributed by atoms with van der Waals surface area (Å²) in [5, 5.41) is 13.3. The summed E-state index contributed by atoms with van der Waals surface area (Å²) in [5.41, 5.74) is 5.57. The van der Waals surface area contributed by atoms with Gasteiger partial charge < -0.3 is 11.1 Å². The molecule has 1 atom stereocenters. The van der Waals surface area contributed by atoms with Crippen molar-refractivity contribution in [3.05, 3.63) is 27.1 Å². The van der Waals surface area contributed by atoms with E-state index in [1.165, 1.54) is 12.1 Å². The maximum absolute atomic E-state index is 11.8. The number of nitrogens with one attached hydrogen (secondary N) is 1. The summed E-state index contributed by atoms with van der Waals surface area (Å²) in [6.45, 7) is 2.44. The SMILES string of the molecule is CCCCC(CN)NC(=O)c1ccc([N+](=O)[O-])s1.Cl. The Morgan fingerprint density at radius 2 is 2.26 bits per heavy atom. The van der Waals surface area contributed by atoms with Crippen LogP contribution in [0.15, 0.2) is 12.1 Å². The van der Waals surface area contributed by atoms with Gasteiger partial charge in [-0.25, -0.2) is 0 Å². The molecule has 0 aliphatic heterocycles. The van der Waals surface area contributed by atoms with E-state index in [4.69, 9.17) is 5.73 Å². The summed E-state index contributed by atoms with van der Waals surface area (Å²) in [6, 6.07) is 2.73. The summed E-state index contributed by atoms with van der Waals surface area (Å²) in [7, 11) is 0. The van der Waals surface area contributed by atoms with Crippen LogP contribution in [0.25, 0.3) is 0 Å². The molecule has 8 heteroatoms. The van der Waals surface area contributed by atoms with Gasteiger partial charge in [-0.05, 0) is 12.5 Å². The van der Waals surface area contributed by atoms with Gasteiger partial charge in [-0.15, -0.1) is 12.4 Å². The Balaban J connectivity index is 0.00000324. The summed E-state index contributed by atoms with van der Waals surface area (Å²) in [6.07, 6.45) is 2.86. The first-order valence-electron chi connectivity index (χ1n) is 5.83. The van der Waals surface area contributed by atoms with E-state index >= 15 is 0 Å². The van der Waals surface area contributed by atoms with Crippen molar-refractivity contribution in [2.45, 2.75) is 32.2 Å². The van der Waals surface area contributed by atoms with Gasteiger partial charge >= 0.3 is 5.00 Å². The smallest absolute Gasteiger partial charge is 0.324 e. The third-order valence-corrected chi connectivity index (χ3v) is 3.56. The van der Waals surface area contributed by atoms with Gasteiger partial charge in [0.2, 0.25) is 0 Å². The number of thiophene rings is 1. The highest BCUT2D eigenvalue weighted by Crippen LogP contribution is 2.23. The Bertz CT molecular complexity index is 425. The molecule has 6 nitrogen and oxygen atoms in total. The molecule has 108 valence electrons. The normalized spacial score (nSPS) is 11.5. The van der Waals surface area contributed by atoms with E-state index in [0.29, 0.717) is 11.4 Å². The molecule has 0 fully saturated rings. The number of unbranched alkanes of at least 4 members (excludes halogenated alkanes) is 1. The van der Waals surface area contributed by atoms with Crippen molar-refractivity contribution < 1.29 is 9.72 Å². The van der Waals surface area contributed by atoms with Gasteiger partial charge in [-0.2, -0.15) is 0 Å². The van der Waals surface area contributed by atoms with E-state index in [0.717, 1.165) is 30.6 Å². The van der Waals surface area contributed by atoms with Crippen molar-refractivity contribution in [3.63, 3.8) is 0 Å². The molecule has 0 aromatic carbocycles. The monoisotopic (exact) mass is 307 g/mol. The molecule has 0 spiro atoms. The van der Waals surface area contributed by atoms with Crippen molar-refractivity contribution in [2.75, 3.05) is 6.54 Å². The highest BCUT2D eigenvalue weighted by atomic mass is 35.5. The zero-order valence-corrected chi connectivity index (χ0v) is 12.3. The molecule has 0 radical (unpaired) electrons. The maximum atomic E-state index is 11.8. The van der Waals surface area contributed by atoms with Gasteiger partial charge in [-0.3, -0.25) is 14.9 Å². The molecule has 0 saturated heterocycles. The number of carbonyl (C=O) groups excluding carboxylic acids is 1. The molecule has 1 amide bonds. The average molecular weight is 308 g/mol. The topological polar surface area (TPSA) is 98.3 Å². The number of nitrogens with zero attached hydrogens (tertiary/aromatic N) is 1. The Hall–Kier alpha value is -1.18. The number of hydrogen-bond acceptors (Lipinski definition) is 5. The van der Waals surface area contributed by atoms with Crippen molar-refractivity contribution in [3.8, 4) is 0 Å². The lowest BCUT2D eigenvalue weighted by Gasteiger charge is -2.15. The van der Waals surface area contributed by atoms with Gasteiger partial charge in [0.25, 0.3) is 5.91 Å². The second-order valence-electron chi connectivity index (χ2n) is 3.94. The molecule has 0 bridgehead atoms. The minimum absolute atomic E-state index is 0. The van der Waals surface area contributed by atoms with Gasteiger partial charge in [0, 0.05) is 18.7 Å². The fourth-order valence-corrected chi connectivity index (χ4v) is 2.23. The van der Waals surface area contributed by atoms with Crippen molar-refractivity contribution >= 4 is 34.7 Å². The predicted octanol–water partition coefficient (Wildman–Crippen LogP) is 2.33. The molecule has 1 unspecified atom stereocenters. The van der Waals surface area contributed by atoms with E-state index in [2.05, 4.69) is 12.2 Å². The van der Waals surface area contributed by atoms with Crippen molar-refractivity contribution in [2.24, 2.45) is 5.73 Å². The van der Waals surface area contributed by atoms with Crippen LogP contribution in [0.5, 0.6) is 0 Å². The number of amides is 1. The molecule has 19 heavy (non-hydrogen) atoms. The highest BCUT2D eigenvalue weighted by molar-refractivity contribution is 7.17. The third kappa shape index (κ3) is 5.54. The lowest BCUT2D eigenvalue weighted by atomic mass is 10.1. The number of halogens is 1. The van der Waals surface area contributed by atoms with E-state index < -0.39 is 4.92 Å². The van der Waals surface area contributed by atoms with Gasteiger partial charge in [0.15, 0.2) is 0 Å². The molecule has 0 saturated carbocycles. The summed E-state index contributed by atoms with van der Waals surface area (Å²) < 4.78 is 0. The number of rotatable bonds is 7. The standard InChI is InChI=1S/C11H17N3O3S.ClH/c1-2-3-4-8(7-12)13-11(15)9-5-6-10(18-9)14(16)17;/h5-6,8H,2-4,7,12H2,1H3,(H,13,15);1H. The minimum Gasteiger partial charge on any atom is -0.347 e. The Labute approximate surface area is 121 Å². The van der Waals surface area contributed by atoms with E-state index in [1.54, 1.807) is 0 Å². The fourth-order valence-electron chi connectivity index (χ4n) is 1.50. The van der Waals surface area contributed by atoms with Crippen LogP contribution in [0, 0.1) is 10.1 Å². The van der Waals surface area contributed by atoms with Crippen LogP contribution < -0.4 is 11.1 Å². The molecular formula is C11H18ClN3O3S. The molecule has 1 aromatic heterocycles. The maximum Gasteiger partial charge on any atom is 0.324 e. The van der Waals surface area contributed by atoms with Crippen LogP contribution in [-0.4, -0.2) is 23.4 Å². The average Bonchev–Trinajstić information content (AvgIpc) is 2.83. The molecule has 0 aliphatic rings. The Kier molecular flexibility index (Phi) is 8.29. The minimum atomic E-state index is -0.501. The molecule has 1 aromatic rings. The van der Waals surface area contributed by atoms with Gasteiger partial charge in [0.1, 0.15) is 0 Å². The van der Waals surface area contributed by atoms with Gasteiger partial charge in [-0.1, -0.05) is 31.1 Å². The van der Waals surface area contributed by atoms with E-state index in [-0.39, 0.29) is 29.4 Å². The molecule has 3 N–H and O–H groups in total. The molecule has 0 aliphatic carbocycles. The van der Waals surface area contributed by atoms with E-state index in [9.17, 15) is 14.9 Å². The number of carbonyl (C=O) groups is 1. The number of hydrogen-bond donors (Lipinski definition) is 2. The molecule has 1 rings (SSSR count). The summed E-state index contributed by atoms with van der Waals surface area (Å²) in [5.74, 6) is -0.292. The van der Waals surface area contributed by atoms with Crippen LogP contribution in [0.4, 0.5) is 5.00 Å². The van der Waals surface area contributed by atoms with Crippen LogP contribution in [0.2, 0.25) is 0 Å². The number of nitrogens with two attached hydrogens (primary N) is 1. The second-order valence-corrected chi connectivity index (χ2v) is 5.01. The third-order valence-electron chi connectivity index (χ3n) is 2.52. The quantitative estimate of drug-likeness (QED) is 0.596. The zero-order valence-electron chi connectivity index (χ0n) is 10.6. The second kappa shape index (κ2) is 8.84. The molecular weight excluding hydrogens is 290 g/mol. The summed E-state index contributed by atoms with van der Waals surface area (Å²) in [4.78, 5) is 22.2. The van der Waals surface area contributed by atoms with Crippen LogP contribution in [0.1, 0.15) is 35.9 Å². The number of nitro groups is 1. The first-order valence-corrected chi connectivity index (χ1v) is 6.65. The van der Waals surface area contributed by atoms with Gasteiger partial charge in [0.05, 0.1) is 9.80 Å². The fraction of sp³-hybridized carbons (Fsp3) is 0.545. The van der Waals surface area contributed by atoms with Crippen LogP contribution >= 0.6 is 23.7 Å². The first kappa shape index (κ1) is 17.8. The van der Waals surface area contributed by atoms with Crippen molar-refractivity contribution in [1.29, 1.82) is 0 Å². The predicted molar refractivity (Wildman–Crippen MR) is 78.1 cm³/mol. The zero-order chi connectivity index (χ0) is 13.5. The van der Waals surface area contributed by atoms with Crippen LogP contribution in [0.3, 0.4) is 0 Å². The van der Waals surface area contributed by atoms with Crippen LogP contribution in [-0.2, 0) is 0 Å². The lowest BCUT2D eigenvalue weighted by Crippen LogP contribution is -2.39. The summed E-state index contributed by atoms with van der Waals surface area (Å²) >= 11 is 0.873. The van der Waals surface area contributed by atoms with Crippen molar-refractivity contribution in [1.82, 2.24) is 5.32 Å². The molecule has 1 heterocycles. The lowest BCUT2D eigenvalue weighted by molar-refractivity contribution is -0.380. The first-order chi connectivity index (χ1) is 8.58. The van der Waals surface area contributed by atoms with E-state index in [1.807, 2.05) is 0 Å². The Morgan fingerprint density at radius 3 is 2.74 bits per heavy atom. The highest BCUT2D eigenvalue weighted by Gasteiger charge is 2.17. The largest absolute Gasteiger partial charge is 0.347 e. The Morgan fingerprint density at radius 1 is 1.58 bits per heavy atom.